The molecular weight excluding hydrogens is 336 g/mol. The molecule has 6 heteroatoms. The Morgan fingerprint density at radius 1 is 1.32 bits per heavy atom. The summed E-state index contributed by atoms with van der Waals surface area (Å²) >= 11 is 4.88. The average Bonchev–Trinajstić information content (AvgIpc) is 2.80. The quantitative estimate of drug-likeness (QED) is 0.470. The Morgan fingerprint density at radius 2 is 1.91 bits per heavy atom. The minimum absolute atomic E-state index is 0. The summed E-state index contributed by atoms with van der Waals surface area (Å²) in [5.41, 5.74) is 0.587. The number of ether oxygens (including phenoxy) is 1. The Bertz CT molecular complexity index is 357. The molecule has 1 aliphatic heterocycles. The van der Waals surface area contributed by atoms with E-state index in [1.807, 2.05) is 0 Å². The topological polar surface area (TPSA) is 43.4 Å². The first-order valence-corrected chi connectivity index (χ1v) is 8.39. The highest BCUT2D eigenvalue weighted by Gasteiger charge is 2.27. The summed E-state index contributed by atoms with van der Waals surface area (Å²) in [6, 6.07) is 0. The zero-order valence-electron chi connectivity index (χ0n) is 10.2. The van der Waals surface area contributed by atoms with E-state index in [-0.39, 0.29) is 40.8 Å². The fraction of sp³-hybridized carbons (Fsp3) is 0.625. The molecule has 0 aromatic heterocycles. The number of esters is 1. The molecule has 1 heterocycles. The molecule has 132 valence electrons. The Morgan fingerprint density at radius 3 is 2.41 bits per heavy atom. The van der Waals surface area contributed by atoms with Crippen molar-refractivity contribution in [2.75, 3.05) is 18.1 Å². The second-order valence-electron chi connectivity index (χ2n) is 3.73. The molecule has 1 rings (SSSR count). The molecule has 0 N–H and O–H groups in total. The first-order valence-electron chi connectivity index (χ1n) is 5.41. The largest absolute Gasteiger partial charge is 0.461 e. The van der Waals surface area contributed by atoms with E-state index in [1.54, 1.807) is 30.4 Å². The number of hydrogen-bond donors (Lipinski definition) is 0. The van der Waals surface area contributed by atoms with Crippen LogP contribution in [0, 0.1) is 0 Å². The first-order chi connectivity index (χ1) is 8.52. The molecule has 0 aliphatic carbocycles. The van der Waals surface area contributed by atoms with Gasteiger partial charge in [-0.2, -0.15) is 0 Å². The summed E-state index contributed by atoms with van der Waals surface area (Å²) in [5, 5.41) is 0.363. The molecule has 3 nitrogen and oxygen atoms in total. The van der Waals surface area contributed by atoms with Crippen LogP contribution in [0.15, 0.2) is 24.8 Å². The van der Waals surface area contributed by atoms with E-state index in [0.717, 1.165) is 11.5 Å². The molecule has 1 fully saturated rings. The van der Waals surface area contributed by atoms with Crippen molar-refractivity contribution < 1.29 is 14.3 Å². The van der Waals surface area contributed by atoms with Gasteiger partial charge in [-0.3, -0.25) is 4.79 Å². The van der Waals surface area contributed by atoms with E-state index in [2.05, 4.69) is 13.2 Å². The third-order valence-corrected chi connectivity index (χ3v) is 6.87. The maximum absolute atomic E-state index is 11.4. The van der Waals surface area contributed by atoms with Crippen LogP contribution in [-0.2, 0) is 14.3 Å². The molecule has 0 aromatic carbocycles. The van der Waals surface area contributed by atoms with E-state index >= 15 is 0 Å². The highest BCUT2D eigenvalue weighted by molar-refractivity contribution is 8.22. The number of carbonyl (C=O) groups is 2. The maximum Gasteiger partial charge on any atom is 0.330 e. The number of hydrogen-bond acceptors (Lipinski definition) is 6. The molecule has 1 aliphatic rings. The summed E-state index contributed by atoms with van der Waals surface area (Å²) in [6.45, 7) is 9.11. The van der Waals surface area contributed by atoms with E-state index in [4.69, 9.17) is 4.74 Å². The summed E-state index contributed by atoms with van der Waals surface area (Å²) in [7, 11) is 0. The lowest BCUT2D eigenvalue weighted by Crippen LogP contribution is -2.14. The van der Waals surface area contributed by atoms with Crippen LogP contribution in [0.5, 0.6) is 0 Å². The van der Waals surface area contributed by atoms with Crippen LogP contribution in [0.25, 0.3) is 0 Å². The van der Waals surface area contributed by atoms with Crippen molar-refractivity contribution in [1.29, 1.82) is 0 Å². The Hall–Kier alpha value is -0.330. The normalized spacial score (nSPS) is 18.4. The van der Waals surface area contributed by atoms with Gasteiger partial charge in [-0.15, -0.1) is 23.5 Å². The van der Waals surface area contributed by atoms with Gasteiger partial charge in [0, 0.05) is 22.8 Å². The van der Waals surface area contributed by atoms with Crippen LogP contribution in [0.2, 0.25) is 0 Å². The smallest absolute Gasteiger partial charge is 0.330 e. The van der Waals surface area contributed by atoms with Gasteiger partial charge >= 0.3 is 5.97 Å². The van der Waals surface area contributed by atoms with Crippen LogP contribution in [0.3, 0.4) is 0 Å². The predicted octanol–water partition coefficient (Wildman–Crippen LogP) is 5.27. The Balaban J connectivity index is -0.000000405. The number of carbonyl (C=O) groups excluding carboxylic acids is 2. The van der Waals surface area contributed by atoms with Crippen molar-refractivity contribution in [2.24, 2.45) is 0 Å². The van der Waals surface area contributed by atoms with Gasteiger partial charge in [0.05, 0.1) is 4.58 Å². The molecule has 1 saturated heterocycles. The van der Waals surface area contributed by atoms with Crippen LogP contribution < -0.4 is 0 Å². The van der Waals surface area contributed by atoms with Gasteiger partial charge in [0.1, 0.15) is 6.61 Å². The molecule has 0 radical (unpaired) electrons. The van der Waals surface area contributed by atoms with Crippen molar-refractivity contribution >= 4 is 46.4 Å². The summed E-state index contributed by atoms with van der Waals surface area (Å²) in [5.74, 6) is 1.34. The summed E-state index contributed by atoms with van der Waals surface area (Å²) in [6.07, 6.45) is 1.17. The molecule has 22 heavy (non-hydrogen) atoms. The van der Waals surface area contributed by atoms with Gasteiger partial charge in [0.15, 0.2) is 0 Å². The molecule has 0 amide bonds. The molecule has 0 aromatic rings. The fourth-order valence-electron chi connectivity index (χ4n) is 1.18. The highest BCUT2D eigenvalue weighted by atomic mass is 32.2. The Kier molecular flexibility index (Phi) is 21.0. The molecular formula is C16H32O3S3. The molecule has 2 unspecified atom stereocenters. The zero-order valence-corrected chi connectivity index (χ0v) is 12.7. The lowest BCUT2D eigenvalue weighted by molar-refractivity contribution is -0.137. The maximum atomic E-state index is 11.4. The molecule has 0 saturated carbocycles. The lowest BCUT2D eigenvalue weighted by atomic mass is 10.4. The van der Waals surface area contributed by atoms with Gasteiger partial charge in [0.2, 0.25) is 5.12 Å². The van der Waals surface area contributed by atoms with E-state index in [0.29, 0.717) is 22.0 Å². The third-order valence-electron chi connectivity index (χ3n) is 2.09. The summed E-state index contributed by atoms with van der Waals surface area (Å²) < 4.78 is 5.39. The van der Waals surface area contributed by atoms with Gasteiger partial charge in [-0.05, 0) is 12.5 Å². The van der Waals surface area contributed by atoms with Gasteiger partial charge in [-0.1, -0.05) is 54.6 Å². The van der Waals surface area contributed by atoms with E-state index in [1.165, 1.54) is 17.8 Å². The van der Waals surface area contributed by atoms with Gasteiger partial charge < -0.3 is 4.74 Å². The molecule has 0 bridgehead atoms. The minimum atomic E-state index is -0.379. The van der Waals surface area contributed by atoms with E-state index < -0.39 is 0 Å². The summed E-state index contributed by atoms with van der Waals surface area (Å²) in [4.78, 5) is 22.3. The van der Waals surface area contributed by atoms with Crippen molar-refractivity contribution in [2.45, 2.75) is 46.5 Å². The number of thioether (sulfide) groups is 3. The van der Waals surface area contributed by atoms with Crippen molar-refractivity contribution in [3.05, 3.63) is 24.8 Å². The van der Waals surface area contributed by atoms with Crippen LogP contribution in [-0.4, -0.2) is 39.0 Å². The first kappa shape index (κ1) is 29.7. The average molecular weight is 369 g/mol. The molecule has 2 atom stereocenters. The standard InChI is InChI=1S/C12H16O3S3.4CH4/c1-4-10(13)15-5-9-6-16-11(18-9)7-17-12(14)8(2)3;;;;/h4,9,11H,1-2,5-7H2,3H3;4*1H4. The monoisotopic (exact) mass is 368 g/mol. The molecule has 0 spiro atoms. The second-order valence-corrected chi connectivity index (χ2v) is 7.77. The van der Waals surface area contributed by atoms with Gasteiger partial charge in [0.25, 0.3) is 0 Å². The van der Waals surface area contributed by atoms with Crippen molar-refractivity contribution in [3.8, 4) is 0 Å². The predicted molar refractivity (Wildman–Crippen MR) is 108 cm³/mol. The van der Waals surface area contributed by atoms with E-state index in [9.17, 15) is 9.59 Å². The minimum Gasteiger partial charge on any atom is -0.461 e. The SMILES string of the molecule is C.C.C.C.C=CC(=O)OCC1CSC(CSC(=O)C(=C)C)S1. The lowest BCUT2D eigenvalue weighted by Gasteiger charge is -2.09. The third kappa shape index (κ3) is 11.3. The Labute approximate surface area is 150 Å². The van der Waals surface area contributed by atoms with Crippen LogP contribution in [0.1, 0.15) is 36.6 Å². The van der Waals surface area contributed by atoms with Crippen LogP contribution in [0.4, 0.5) is 0 Å². The van der Waals surface area contributed by atoms with Crippen LogP contribution >= 0.6 is 35.3 Å². The van der Waals surface area contributed by atoms with Gasteiger partial charge in [-0.25, -0.2) is 4.79 Å². The van der Waals surface area contributed by atoms with Crippen molar-refractivity contribution in [3.63, 3.8) is 0 Å². The second kappa shape index (κ2) is 15.6. The highest BCUT2D eigenvalue weighted by Crippen LogP contribution is 2.39. The van der Waals surface area contributed by atoms with Crippen molar-refractivity contribution in [1.82, 2.24) is 0 Å². The number of rotatable bonds is 6. The fourth-order valence-corrected chi connectivity index (χ4v) is 5.50. The zero-order chi connectivity index (χ0) is 13.5.